The molecule has 0 aliphatic heterocycles. The van der Waals surface area contributed by atoms with Gasteiger partial charge in [0.05, 0.1) is 18.4 Å². The quantitative estimate of drug-likeness (QED) is 0.329. The lowest BCUT2D eigenvalue weighted by molar-refractivity contribution is -0.149. The van der Waals surface area contributed by atoms with Gasteiger partial charge < -0.3 is 15.4 Å². The van der Waals surface area contributed by atoms with E-state index in [1.807, 2.05) is 30.3 Å². The highest BCUT2D eigenvalue weighted by atomic mass is 16.5. The number of carbonyl (C=O) groups excluding carboxylic acids is 5. The summed E-state index contributed by atoms with van der Waals surface area (Å²) in [6.45, 7) is 0.130. The predicted molar refractivity (Wildman–Crippen MR) is 136 cm³/mol. The summed E-state index contributed by atoms with van der Waals surface area (Å²) in [5, 5.41) is 5.51. The number of benzene rings is 1. The molecule has 1 aromatic rings. The molecule has 2 N–H and O–H groups in total. The molecule has 0 radical (unpaired) electrons. The topological polar surface area (TPSA) is 119 Å². The Morgan fingerprint density at radius 3 is 2.30 bits per heavy atom. The number of esters is 1. The molecule has 0 aromatic heterocycles. The second kappa shape index (κ2) is 13.0. The molecule has 0 unspecified atom stereocenters. The summed E-state index contributed by atoms with van der Waals surface area (Å²) in [4.78, 5) is 64.3. The van der Waals surface area contributed by atoms with Crippen LogP contribution in [-0.4, -0.2) is 41.4 Å². The van der Waals surface area contributed by atoms with E-state index in [1.54, 1.807) is 0 Å². The van der Waals surface area contributed by atoms with Crippen molar-refractivity contribution in [3.63, 3.8) is 0 Å². The van der Waals surface area contributed by atoms with E-state index in [-0.39, 0.29) is 43.1 Å². The number of hydrogen-bond donors (Lipinski definition) is 2. The largest absolute Gasteiger partial charge is 0.461 e. The SMILES string of the molecule is O=C(C[C@H](C(=O)N[C@@H](C[C@@H]1CCCC1=O)C(=O)C(=O)NC1CC1)C1CCCCC1)OCc1ccccc1. The zero-order valence-electron chi connectivity index (χ0n) is 21.4. The Morgan fingerprint density at radius 1 is 0.919 bits per heavy atom. The summed E-state index contributed by atoms with van der Waals surface area (Å²) in [7, 11) is 0. The number of Topliss-reactive ketones (excluding diaryl/α,β-unsaturated/α-hetero) is 2. The lowest BCUT2D eigenvalue weighted by Crippen LogP contribution is -2.51. The molecule has 0 heterocycles. The Kier molecular flexibility index (Phi) is 9.47. The Morgan fingerprint density at radius 2 is 1.65 bits per heavy atom. The van der Waals surface area contributed by atoms with E-state index in [0.717, 1.165) is 56.9 Å². The van der Waals surface area contributed by atoms with Crippen LogP contribution in [0.4, 0.5) is 0 Å². The molecule has 8 heteroatoms. The number of rotatable bonds is 12. The van der Waals surface area contributed by atoms with Crippen LogP contribution in [-0.2, 0) is 35.3 Å². The molecule has 8 nitrogen and oxygen atoms in total. The fourth-order valence-electron chi connectivity index (χ4n) is 5.56. The van der Waals surface area contributed by atoms with Gasteiger partial charge in [0.25, 0.3) is 5.91 Å². The first-order valence-corrected chi connectivity index (χ1v) is 13.8. The smallest absolute Gasteiger partial charge is 0.306 e. The Bertz CT molecular complexity index is 983. The van der Waals surface area contributed by atoms with Crippen LogP contribution in [0.1, 0.15) is 82.6 Å². The first kappa shape index (κ1) is 27.0. The van der Waals surface area contributed by atoms with Gasteiger partial charge in [-0.05, 0) is 56.4 Å². The molecule has 3 aliphatic rings. The molecule has 0 saturated heterocycles. The standard InChI is InChI=1S/C29H38N2O6/c32-25-13-7-12-21(25)16-24(27(34)29(36)30-22-14-15-22)31-28(35)23(20-10-5-2-6-11-20)17-26(33)37-18-19-8-3-1-4-9-19/h1,3-4,8-9,20-24H,2,5-7,10-18H2,(H,30,36)(H,31,35)/t21-,23-,24-/m0/s1. The average Bonchev–Trinajstić information content (AvgIpc) is 3.64. The number of ether oxygens (including phenoxy) is 1. The average molecular weight is 511 g/mol. The van der Waals surface area contributed by atoms with Crippen LogP contribution in [0, 0.1) is 17.8 Å². The van der Waals surface area contributed by atoms with Crippen molar-refractivity contribution in [2.45, 2.75) is 95.7 Å². The van der Waals surface area contributed by atoms with Gasteiger partial charge in [-0.1, -0.05) is 49.6 Å². The van der Waals surface area contributed by atoms with Crippen molar-refractivity contribution in [1.29, 1.82) is 0 Å². The monoisotopic (exact) mass is 510 g/mol. The van der Waals surface area contributed by atoms with E-state index in [4.69, 9.17) is 4.74 Å². The van der Waals surface area contributed by atoms with Gasteiger partial charge in [0.2, 0.25) is 11.7 Å². The van der Waals surface area contributed by atoms with Gasteiger partial charge in [0, 0.05) is 18.4 Å². The third-order valence-corrected chi connectivity index (χ3v) is 7.91. The van der Waals surface area contributed by atoms with Crippen LogP contribution >= 0.6 is 0 Å². The van der Waals surface area contributed by atoms with Gasteiger partial charge in [0.1, 0.15) is 12.4 Å². The summed E-state index contributed by atoms with van der Waals surface area (Å²) < 4.78 is 5.47. The third-order valence-electron chi connectivity index (χ3n) is 7.91. The molecule has 0 bridgehead atoms. The van der Waals surface area contributed by atoms with Crippen LogP contribution in [0.2, 0.25) is 0 Å². The molecule has 3 fully saturated rings. The minimum atomic E-state index is -1.08. The van der Waals surface area contributed by atoms with Gasteiger partial charge in [-0.25, -0.2) is 0 Å². The van der Waals surface area contributed by atoms with Crippen LogP contribution in [0.25, 0.3) is 0 Å². The second-order valence-corrected chi connectivity index (χ2v) is 10.8. The van der Waals surface area contributed by atoms with E-state index in [0.29, 0.717) is 12.8 Å². The van der Waals surface area contributed by atoms with Crippen LogP contribution in [0.15, 0.2) is 30.3 Å². The molecule has 1 aromatic carbocycles. The zero-order chi connectivity index (χ0) is 26.2. The first-order valence-electron chi connectivity index (χ1n) is 13.8. The molecule has 2 amide bonds. The summed E-state index contributed by atoms with van der Waals surface area (Å²) in [6.07, 6.45) is 8.30. The Labute approximate surface area is 218 Å². The molecule has 3 saturated carbocycles. The van der Waals surface area contributed by atoms with Crippen molar-refractivity contribution in [1.82, 2.24) is 10.6 Å². The predicted octanol–water partition coefficient (Wildman–Crippen LogP) is 3.41. The molecule has 0 spiro atoms. The van der Waals surface area contributed by atoms with E-state index >= 15 is 0 Å². The highest BCUT2D eigenvalue weighted by Gasteiger charge is 2.38. The van der Waals surface area contributed by atoms with Gasteiger partial charge in [-0.2, -0.15) is 0 Å². The first-order chi connectivity index (χ1) is 17.9. The number of amides is 2. The third kappa shape index (κ3) is 7.98. The maximum Gasteiger partial charge on any atom is 0.306 e. The Balaban J connectivity index is 1.44. The van der Waals surface area contributed by atoms with Crippen molar-refractivity contribution in [2.75, 3.05) is 0 Å². The fourth-order valence-corrected chi connectivity index (χ4v) is 5.56. The molecular weight excluding hydrogens is 472 g/mol. The summed E-state index contributed by atoms with van der Waals surface area (Å²) in [5.41, 5.74) is 0.864. The summed E-state index contributed by atoms with van der Waals surface area (Å²) in [6, 6.07) is 8.29. The maximum absolute atomic E-state index is 13.6. The fraction of sp³-hybridized carbons (Fsp3) is 0.621. The van der Waals surface area contributed by atoms with Crippen molar-refractivity contribution in [2.24, 2.45) is 17.8 Å². The normalized spacial score (nSPS) is 21.6. The minimum Gasteiger partial charge on any atom is -0.461 e. The highest BCUT2D eigenvalue weighted by Crippen LogP contribution is 2.33. The van der Waals surface area contributed by atoms with Crippen molar-refractivity contribution in [3.05, 3.63) is 35.9 Å². The maximum atomic E-state index is 13.6. The molecule has 3 aliphatic carbocycles. The minimum absolute atomic E-state index is 0.00202. The van der Waals surface area contributed by atoms with Crippen LogP contribution in [0.3, 0.4) is 0 Å². The second-order valence-electron chi connectivity index (χ2n) is 10.8. The van der Waals surface area contributed by atoms with E-state index < -0.39 is 35.5 Å². The van der Waals surface area contributed by atoms with Gasteiger partial charge >= 0.3 is 5.97 Å². The molecule has 3 atom stereocenters. The van der Waals surface area contributed by atoms with E-state index in [9.17, 15) is 24.0 Å². The number of nitrogens with one attached hydrogen (secondary N) is 2. The molecular formula is C29H38N2O6. The van der Waals surface area contributed by atoms with Gasteiger partial charge in [-0.15, -0.1) is 0 Å². The van der Waals surface area contributed by atoms with Crippen molar-refractivity contribution in [3.8, 4) is 0 Å². The van der Waals surface area contributed by atoms with Gasteiger partial charge in [-0.3, -0.25) is 24.0 Å². The number of carbonyl (C=O) groups is 5. The number of ketones is 2. The van der Waals surface area contributed by atoms with Crippen LogP contribution in [0.5, 0.6) is 0 Å². The zero-order valence-corrected chi connectivity index (χ0v) is 21.4. The molecule has 200 valence electrons. The van der Waals surface area contributed by atoms with Crippen molar-refractivity contribution >= 4 is 29.4 Å². The highest BCUT2D eigenvalue weighted by molar-refractivity contribution is 6.38. The Hall–Kier alpha value is -3.03. The summed E-state index contributed by atoms with van der Waals surface area (Å²) in [5.74, 6) is -3.22. The molecule has 4 rings (SSSR count). The summed E-state index contributed by atoms with van der Waals surface area (Å²) >= 11 is 0. The van der Waals surface area contributed by atoms with E-state index in [2.05, 4.69) is 10.6 Å². The van der Waals surface area contributed by atoms with Gasteiger partial charge in [0.15, 0.2) is 0 Å². The lowest BCUT2D eigenvalue weighted by Gasteiger charge is -2.30. The lowest BCUT2D eigenvalue weighted by atomic mass is 9.78. The van der Waals surface area contributed by atoms with Crippen molar-refractivity contribution < 1.29 is 28.7 Å². The van der Waals surface area contributed by atoms with E-state index in [1.165, 1.54) is 0 Å². The van der Waals surface area contributed by atoms with Crippen LogP contribution < -0.4 is 10.6 Å². The number of hydrogen-bond acceptors (Lipinski definition) is 6. The molecule has 37 heavy (non-hydrogen) atoms.